The Labute approximate surface area is 263 Å². The minimum atomic E-state index is 0.142. The number of carbonyl (C=O) groups is 6. The van der Waals surface area contributed by atoms with Gasteiger partial charge in [-0.2, -0.15) is 0 Å². The second kappa shape index (κ2) is 27.6. The van der Waals surface area contributed by atoms with Crippen LogP contribution in [-0.2, 0) is 28.8 Å². The molecule has 43 heavy (non-hydrogen) atoms. The summed E-state index contributed by atoms with van der Waals surface area (Å²) in [4.78, 5) is 72.2. The molecule has 0 aromatic heterocycles. The highest BCUT2D eigenvalue weighted by molar-refractivity contribution is 5.83. The average Bonchev–Trinajstić information content (AvgIpc) is 2.93. The van der Waals surface area contributed by atoms with Gasteiger partial charge in [0.05, 0.1) is 0 Å². The van der Waals surface area contributed by atoms with Gasteiger partial charge < -0.3 is 0 Å². The summed E-state index contributed by atoms with van der Waals surface area (Å²) in [5.41, 5.74) is 0. The van der Waals surface area contributed by atoms with Crippen LogP contribution in [0.2, 0.25) is 0 Å². The molecule has 0 aromatic rings. The molecule has 0 fully saturated rings. The summed E-state index contributed by atoms with van der Waals surface area (Å²) in [5.74, 6) is 2.49. The summed E-state index contributed by atoms with van der Waals surface area (Å²) >= 11 is 0. The maximum atomic E-state index is 12.1. The molecule has 0 bridgehead atoms. The third-order valence-corrected chi connectivity index (χ3v) is 8.03. The van der Waals surface area contributed by atoms with Crippen molar-refractivity contribution in [1.29, 1.82) is 0 Å². The first-order chi connectivity index (χ1) is 20.5. The van der Waals surface area contributed by atoms with E-state index in [1.807, 2.05) is 0 Å². The van der Waals surface area contributed by atoms with Crippen LogP contribution in [0.4, 0.5) is 0 Å². The van der Waals surface area contributed by atoms with Crippen molar-refractivity contribution in [2.24, 2.45) is 11.8 Å². The fourth-order valence-electron chi connectivity index (χ4n) is 5.24. The second-order valence-corrected chi connectivity index (χ2v) is 13.5. The van der Waals surface area contributed by atoms with Crippen molar-refractivity contribution >= 4 is 34.7 Å². The van der Waals surface area contributed by atoms with Gasteiger partial charge in [-0.1, -0.05) is 53.4 Å². The maximum Gasteiger partial charge on any atom is 0.132 e. The van der Waals surface area contributed by atoms with Gasteiger partial charge in [-0.3, -0.25) is 28.8 Å². The largest absolute Gasteiger partial charge is 0.300 e. The topological polar surface area (TPSA) is 102 Å². The van der Waals surface area contributed by atoms with E-state index >= 15 is 0 Å². The Balaban J connectivity index is 3.64. The molecule has 0 rings (SSSR count). The van der Waals surface area contributed by atoms with Crippen LogP contribution in [0.1, 0.15) is 188 Å². The third kappa shape index (κ3) is 29.9. The Morgan fingerprint density at radius 3 is 0.628 bits per heavy atom. The zero-order valence-electron chi connectivity index (χ0n) is 28.3. The van der Waals surface area contributed by atoms with Gasteiger partial charge in [0, 0.05) is 77.0 Å². The summed E-state index contributed by atoms with van der Waals surface area (Å²) in [5, 5.41) is 0. The van der Waals surface area contributed by atoms with Crippen LogP contribution in [0.3, 0.4) is 0 Å². The summed E-state index contributed by atoms with van der Waals surface area (Å²) in [6, 6.07) is 0. The summed E-state index contributed by atoms with van der Waals surface area (Å²) in [6.07, 6.45) is 16.7. The number of carbonyl (C=O) groups excluding carboxylic acids is 6. The number of hydrogen-bond donors (Lipinski definition) is 0. The number of Topliss-reactive ketones (excluding diaryl/α,β-unsaturated/α-hetero) is 6. The molecule has 0 amide bonds. The molecule has 0 saturated carbocycles. The molecule has 0 aliphatic heterocycles. The van der Waals surface area contributed by atoms with E-state index in [0.717, 1.165) is 38.5 Å². The van der Waals surface area contributed by atoms with Crippen LogP contribution >= 0.6 is 0 Å². The van der Waals surface area contributed by atoms with Crippen molar-refractivity contribution in [2.75, 3.05) is 0 Å². The van der Waals surface area contributed by atoms with Crippen molar-refractivity contribution in [2.45, 2.75) is 188 Å². The van der Waals surface area contributed by atoms with Gasteiger partial charge in [0.15, 0.2) is 0 Å². The van der Waals surface area contributed by atoms with Crippen LogP contribution in [0, 0.1) is 11.8 Å². The monoisotopic (exact) mass is 604 g/mol. The lowest BCUT2D eigenvalue weighted by atomic mass is 10.00. The zero-order valence-corrected chi connectivity index (χ0v) is 28.3. The fraction of sp³-hybridized carbons (Fsp3) is 0.838. The molecule has 0 atom stereocenters. The number of hydrogen-bond acceptors (Lipinski definition) is 6. The molecule has 0 aliphatic rings. The highest BCUT2D eigenvalue weighted by Crippen LogP contribution is 2.14. The lowest BCUT2D eigenvalue weighted by Gasteiger charge is -2.05. The van der Waals surface area contributed by atoms with Crippen molar-refractivity contribution in [3.8, 4) is 0 Å². The summed E-state index contributed by atoms with van der Waals surface area (Å²) in [6.45, 7) is 8.76. The molecule has 0 unspecified atom stereocenters. The van der Waals surface area contributed by atoms with Gasteiger partial charge in [-0.15, -0.1) is 0 Å². The van der Waals surface area contributed by atoms with Gasteiger partial charge in [0.25, 0.3) is 0 Å². The van der Waals surface area contributed by atoms with Crippen LogP contribution < -0.4 is 0 Å². The standard InChI is InChI=1S/C37H64O6/c1-30(2)16-5-7-18-32(38)24-13-26-34(40)20-9-11-22-36(42)28-15-29-37(43)23-12-10-21-35(41)27-14-25-33(39)19-8-6-17-31(3)4/h30-31H,5-29H2,1-4H3. The van der Waals surface area contributed by atoms with Gasteiger partial charge in [-0.05, 0) is 69.6 Å². The highest BCUT2D eigenvalue weighted by Gasteiger charge is 2.10. The second-order valence-electron chi connectivity index (χ2n) is 13.5. The molecule has 6 nitrogen and oxygen atoms in total. The van der Waals surface area contributed by atoms with E-state index in [1.165, 1.54) is 0 Å². The van der Waals surface area contributed by atoms with E-state index in [2.05, 4.69) is 27.7 Å². The van der Waals surface area contributed by atoms with E-state index in [1.54, 1.807) is 0 Å². The SMILES string of the molecule is CC(C)CCCCC(=O)CCCC(=O)CCCCC(=O)CCCC(=O)CCCCC(=O)CCCC(=O)CCCCC(C)C. The van der Waals surface area contributed by atoms with E-state index in [9.17, 15) is 28.8 Å². The Bertz CT molecular complexity index is 744. The molecule has 0 aromatic carbocycles. The normalized spacial score (nSPS) is 11.3. The van der Waals surface area contributed by atoms with Gasteiger partial charge in [0.2, 0.25) is 0 Å². The van der Waals surface area contributed by atoms with Gasteiger partial charge >= 0.3 is 0 Å². The van der Waals surface area contributed by atoms with Gasteiger partial charge in [0.1, 0.15) is 34.7 Å². The Hall–Kier alpha value is -1.98. The zero-order chi connectivity index (χ0) is 32.3. The van der Waals surface area contributed by atoms with Crippen molar-refractivity contribution in [1.82, 2.24) is 0 Å². The molecule has 0 heterocycles. The molecule has 0 aliphatic carbocycles. The smallest absolute Gasteiger partial charge is 0.132 e. The predicted molar refractivity (Wildman–Crippen MR) is 175 cm³/mol. The average molecular weight is 605 g/mol. The Morgan fingerprint density at radius 2 is 0.442 bits per heavy atom. The van der Waals surface area contributed by atoms with Crippen LogP contribution in [0.15, 0.2) is 0 Å². The van der Waals surface area contributed by atoms with Crippen LogP contribution in [0.25, 0.3) is 0 Å². The van der Waals surface area contributed by atoms with E-state index in [-0.39, 0.29) is 34.7 Å². The lowest BCUT2D eigenvalue weighted by molar-refractivity contribution is -0.122. The summed E-state index contributed by atoms with van der Waals surface area (Å²) < 4.78 is 0. The first kappa shape index (κ1) is 41.0. The van der Waals surface area contributed by atoms with Crippen LogP contribution in [-0.4, -0.2) is 34.7 Å². The Morgan fingerprint density at radius 1 is 0.279 bits per heavy atom. The molecule has 6 heteroatoms. The molecule has 0 saturated heterocycles. The molecular formula is C37H64O6. The van der Waals surface area contributed by atoms with Crippen molar-refractivity contribution < 1.29 is 28.8 Å². The third-order valence-electron chi connectivity index (χ3n) is 8.03. The van der Waals surface area contributed by atoms with Gasteiger partial charge in [-0.25, -0.2) is 0 Å². The molecular weight excluding hydrogens is 540 g/mol. The maximum absolute atomic E-state index is 12.1. The highest BCUT2D eigenvalue weighted by atomic mass is 16.1. The molecule has 0 N–H and O–H groups in total. The van der Waals surface area contributed by atoms with Crippen molar-refractivity contribution in [3.63, 3.8) is 0 Å². The first-order valence-electron chi connectivity index (χ1n) is 17.6. The minimum absolute atomic E-state index is 0.142. The number of unbranched alkanes of at least 4 members (excludes halogenated alkanes) is 4. The number of rotatable bonds is 32. The number of ketones is 6. The molecule has 248 valence electrons. The first-order valence-corrected chi connectivity index (χ1v) is 17.6. The van der Waals surface area contributed by atoms with E-state index in [4.69, 9.17) is 0 Å². The minimum Gasteiger partial charge on any atom is -0.300 e. The summed E-state index contributed by atoms with van der Waals surface area (Å²) in [7, 11) is 0. The van der Waals surface area contributed by atoms with E-state index < -0.39 is 0 Å². The van der Waals surface area contributed by atoms with Crippen molar-refractivity contribution in [3.05, 3.63) is 0 Å². The Kier molecular flexibility index (Phi) is 26.3. The quantitative estimate of drug-likeness (QED) is 0.0709. The van der Waals surface area contributed by atoms with E-state index in [0.29, 0.717) is 134 Å². The molecule has 0 radical (unpaired) electrons. The van der Waals surface area contributed by atoms with Crippen LogP contribution in [0.5, 0.6) is 0 Å². The predicted octanol–water partition coefficient (Wildman–Crippen LogP) is 9.47. The molecule has 0 spiro atoms. The fourth-order valence-corrected chi connectivity index (χ4v) is 5.24. The lowest BCUT2D eigenvalue weighted by Crippen LogP contribution is -2.04.